The van der Waals surface area contributed by atoms with Crippen molar-refractivity contribution in [3.05, 3.63) is 77.4 Å². The van der Waals surface area contributed by atoms with Gasteiger partial charge in [-0.25, -0.2) is 0 Å². The fourth-order valence-corrected chi connectivity index (χ4v) is 4.38. The zero-order valence-corrected chi connectivity index (χ0v) is 21.6. The van der Waals surface area contributed by atoms with Gasteiger partial charge in [0.15, 0.2) is 0 Å². The summed E-state index contributed by atoms with van der Waals surface area (Å²) in [6.07, 6.45) is 4.71. The van der Waals surface area contributed by atoms with Crippen LogP contribution in [0.4, 0.5) is 5.69 Å². The highest BCUT2D eigenvalue weighted by Crippen LogP contribution is 2.26. The van der Waals surface area contributed by atoms with Crippen LogP contribution >= 0.6 is 0 Å². The molecule has 0 fully saturated rings. The molecule has 0 aliphatic heterocycles. The maximum Gasteiger partial charge on any atom is 0.252 e. The van der Waals surface area contributed by atoms with Crippen LogP contribution in [-0.2, 0) is 0 Å². The third-order valence-electron chi connectivity index (χ3n) is 6.42. The van der Waals surface area contributed by atoms with E-state index >= 15 is 0 Å². The topological polar surface area (TPSA) is 32.3 Å². The predicted molar refractivity (Wildman–Crippen MR) is 144 cm³/mol. The number of amides is 1. The first kappa shape index (κ1) is 26.4. The number of hydrogen-bond acceptors (Lipinski definition) is 2. The van der Waals surface area contributed by atoms with Crippen LogP contribution in [0.2, 0.25) is 0 Å². The average molecular weight is 447 g/mol. The Morgan fingerprint density at radius 1 is 1.00 bits per heavy atom. The number of nitrogens with one attached hydrogen (secondary N) is 1. The summed E-state index contributed by atoms with van der Waals surface area (Å²) >= 11 is 0. The second-order valence-corrected chi connectivity index (χ2v) is 8.58. The smallest absolute Gasteiger partial charge is 0.252 e. The van der Waals surface area contributed by atoms with Crippen LogP contribution in [-0.4, -0.2) is 19.0 Å². The van der Waals surface area contributed by atoms with E-state index in [9.17, 15) is 4.79 Å². The summed E-state index contributed by atoms with van der Waals surface area (Å²) in [5.74, 6) is -0.0187. The lowest BCUT2D eigenvalue weighted by molar-refractivity contribution is 0.0939. The van der Waals surface area contributed by atoms with Crippen LogP contribution in [0.1, 0.15) is 87.8 Å². The van der Waals surface area contributed by atoms with Crippen molar-refractivity contribution in [2.24, 2.45) is 0 Å². The van der Waals surface area contributed by atoms with Crippen LogP contribution < -0.4 is 10.2 Å². The molecular formula is C30H42N2O. The van der Waals surface area contributed by atoms with Crippen LogP contribution in [0.15, 0.2) is 60.7 Å². The Balaban J connectivity index is 0.00000187. The molecular weight excluding hydrogens is 404 g/mol. The Bertz CT molecular complexity index is 1020. The molecule has 3 nitrogen and oxygen atoms in total. The fourth-order valence-electron chi connectivity index (χ4n) is 4.38. The molecule has 1 N–H and O–H groups in total. The first-order valence-corrected chi connectivity index (χ1v) is 12.6. The molecule has 3 aromatic rings. The lowest BCUT2D eigenvalue weighted by Gasteiger charge is -2.30. The second kappa shape index (κ2) is 13.0. The van der Waals surface area contributed by atoms with Crippen LogP contribution in [0.5, 0.6) is 0 Å². The SMILES string of the molecule is CC.CCCCC(CC)N(C)c1ccc(C)c(C(=O)NC(C)c2cccc3ccccc23)c1. The molecule has 2 atom stereocenters. The molecule has 1 amide bonds. The van der Waals surface area contributed by atoms with Gasteiger partial charge in [0.05, 0.1) is 6.04 Å². The number of rotatable bonds is 9. The molecule has 0 radical (unpaired) electrons. The number of aryl methyl sites for hydroxylation is 1. The van der Waals surface area contributed by atoms with Crippen LogP contribution in [0, 0.1) is 6.92 Å². The van der Waals surface area contributed by atoms with Crippen molar-refractivity contribution in [3.8, 4) is 0 Å². The minimum Gasteiger partial charge on any atom is -0.372 e. The van der Waals surface area contributed by atoms with Gasteiger partial charge < -0.3 is 10.2 Å². The summed E-state index contributed by atoms with van der Waals surface area (Å²) in [4.78, 5) is 15.6. The van der Waals surface area contributed by atoms with Crippen molar-refractivity contribution in [1.82, 2.24) is 5.32 Å². The van der Waals surface area contributed by atoms with Crippen molar-refractivity contribution in [1.29, 1.82) is 0 Å². The Kier molecular flexibility index (Phi) is 10.4. The third-order valence-corrected chi connectivity index (χ3v) is 6.42. The highest BCUT2D eigenvalue weighted by molar-refractivity contribution is 5.97. The molecule has 3 rings (SSSR count). The molecule has 0 aliphatic carbocycles. The lowest BCUT2D eigenvalue weighted by atomic mass is 9.99. The Labute approximate surface area is 201 Å². The van der Waals surface area contributed by atoms with E-state index in [-0.39, 0.29) is 11.9 Å². The van der Waals surface area contributed by atoms with Crippen LogP contribution in [0.25, 0.3) is 10.8 Å². The van der Waals surface area contributed by atoms with Gasteiger partial charge in [-0.3, -0.25) is 4.79 Å². The second-order valence-electron chi connectivity index (χ2n) is 8.58. The minimum absolute atomic E-state index is 0.0187. The molecule has 3 heteroatoms. The quantitative estimate of drug-likeness (QED) is 0.360. The summed E-state index contributed by atoms with van der Waals surface area (Å²) < 4.78 is 0. The van der Waals surface area contributed by atoms with Crippen molar-refractivity contribution in [2.45, 2.75) is 79.3 Å². The third kappa shape index (κ3) is 6.60. The lowest BCUT2D eigenvalue weighted by Crippen LogP contribution is -2.32. The molecule has 3 aromatic carbocycles. The van der Waals surface area contributed by atoms with Gasteiger partial charge in [-0.1, -0.05) is 89.1 Å². The van der Waals surface area contributed by atoms with Gasteiger partial charge in [-0.2, -0.15) is 0 Å². The van der Waals surface area contributed by atoms with Gasteiger partial charge >= 0.3 is 0 Å². The van der Waals surface area contributed by atoms with E-state index < -0.39 is 0 Å². The first-order valence-electron chi connectivity index (χ1n) is 12.6. The largest absolute Gasteiger partial charge is 0.372 e. The summed E-state index contributed by atoms with van der Waals surface area (Å²) in [6, 6.07) is 21.3. The number of fused-ring (bicyclic) bond motifs is 1. The van der Waals surface area contributed by atoms with Crippen molar-refractivity contribution < 1.29 is 4.79 Å². The van der Waals surface area contributed by atoms with Gasteiger partial charge in [-0.15, -0.1) is 0 Å². The first-order chi connectivity index (χ1) is 16.0. The van der Waals surface area contributed by atoms with Gasteiger partial charge in [0.1, 0.15) is 0 Å². The molecule has 0 bridgehead atoms. The minimum atomic E-state index is -0.0765. The van der Waals surface area contributed by atoms with E-state index in [1.165, 1.54) is 30.0 Å². The average Bonchev–Trinajstić information content (AvgIpc) is 2.85. The highest BCUT2D eigenvalue weighted by atomic mass is 16.1. The molecule has 0 saturated heterocycles. The standard InChI is InChI=1S/C28H36N2O.C2H6/c1-6-8-14-23(7-2)30(5)24-18-17-20(3)27(19-24)28(31)29-21(4)25-16-11-13-22-12-9-10-15-26(22)25;1-2/h9-13,15-19,21,23H,6-8,14H2,1-5H3,(H,29,31);1-2H3. The number of carbonyl (C=O) groups excluding carboxylic acids is 1. The highest BCUT2D eigenvalue weighted by Gasteiger charge is 2.18. The monoisotopic (exact) mass is 446 g/mol. The number of hydrogen-bond donors (Lipinski definition) is 1. The normalized spacial score (nSPS) is 12.5. The fraction of sp³-hybridized carbons (Fsp3) is 0.433. The summed E-state index contributed by atoms with van der Waals surface area (Å²) in [5, 5.41) is 5.61. The molecule has 0 heterocycles. The maximum absolute atomic E-state index is 13.2. The van der Waals surface area contributed by atoms with Crippen molar-refractivity contribution in [2.75, 3.05) is 11.9 Å². The van der Waals surface area contributed by atoms with E-state index in [1.807, 2.05) is 32.9 Å². The van der Waals surface area contributed by atoms with Crippen LogP contribution in [0.3, 0.4) is 0 Å². The Morgan fingerprint density at radius 2 is 1.70 bits per heavy atom. The zero-order valence-electron chi connectivity index (χ0n) is 21.6. The molecule has 178 valence electrons. The molecule has 2 unspecified atom stereocenters. The molecule has 0 aromatic heterocycles. The van der Waals surface area contributed by atoms with Gasteiger partial charge in [0.2, 0.25) is 0 Å². The van der Waals surface area contributed by atoms with Crippen molar-refractivity contribution in [3.63, 3.8) is 0 Å². The van der Waals surface area contributed by atoms with E-state index in [4.69, 9.17) is 0 Å². The van der Waals surface area contributed by atoms with E-state index in [1.54, 1.807) is 0 Å². The van der Waals surface area contributed by atoms with E-state index in [0.717, 1.165) is 28.8 Å². The number of benzene rings is 3. The molecule has 0 saturated carbocycles. The Morgan fingerprint density at radius 3 is 2.39 bits per heavy atom. The number of carbonyl (C=O) groups is 1. The van der Waals surface area contributed by atoms with E-state index in [2.05, 4.69) is 86.6 Å². The molecule has 0 aliphatic rings. The Hall–Kier alpha value is -2.81. The summed E-state index contributed by atoms with van der Waals surface area (Å²) in [6.45, 7) is 12.5. The predicted octanol–water partition coefficient (Wildman–Crippen LogP) is 8.07. The zero-order chi connectivity index (χ0) is 24.4. The number of nitrogens with zero attached hydrogens (tertiary/aromatic N) is 1. The molecule has 0 spiro atoms. The summed E-state index contributed by atoms with van der Waals surface area (Å²) in [5.41, 5.74) is 4.00. The van der Waals surface area contributed by atoms with Gasteiger partial charge in [-0.05, 0) is 60.7 Å². The molecule has 33 heavy (non-hydrogen) atoms. The van der Waals surface area contributed by atoms with E-state index in [0.29, 0.717) is 6.04 Å². The van der Waals surface area contributed by atoms with Crippen molar-refractivity contribution >= 4 is 22.4 Å². The number of unbranched alkanes of at least 4 members (excludes halogenated alkanes) is 1. The van der Waals surface area contributed by atoms with Gasteiger partial charge in [0.25, 0.3) is 5.91 Å². The maximum atomic E-state index is 13.2. The van der Waals surface area contributed by atoms with Gasteiger partial charge in [0, 0.05) is 24.3 Å². The number of anilines is 1. The summed E-state index contributed by atoms with van der Waals surface area (Å²) in [7, 11) is 2.15.